The zero-order valence-corrected chi connectivity index (χ0v) is 21.3. The Bertz CT molecular complexity index is 1600. The minimum absolute atomic E-state index is 0.0473. The molecule has 0 spiro atoms. The van der Waals surface area contributed by atoms with Gasteiger partial charge in [0.15, 0.2) is 5.82 Å². The van der Waals surface area contributed by atoms with E-state index in [1.54, 1.807) is 51.4 Å². The van der Waals surface area contributed by atoms with Gasteiger partial charge in [0, 0.05) is 54.3 Å². The summed E-state index contributed by atoms with van der Waals surface area (Å²) >= 11 is 0. The predicted molar refractivity (Wildman–Crippen MR) is 135 cm³/mol. The van der Waals surface area contributed by atoms with Crippen molar-refractivity contribution in [1.82, 2.24) is 19.3 Å². The van der Waals surface area contributed by atoms with E-state index in [9.17, 15) is 22.7 Å². The van der Waals surface area contributed by atoms with Gasteiger partial charge in [-0.3, -0.25) is 14.5 Å². The van der Waals surface area contributed by atoms with Crippen LogP contribution in [-0.2, 0) is 15.8 Å². The molecular formula is C25H25F2N5O4S. The third-order valence-corrected chi connectivity index (χ3v) is 7.47. The number of rotatable bonds is 8. The number of ketones is 1. The lowest BCUT2D eigenvalue weighted by Crippen LogP contribution is -2.32. The third-order valence-electron chi connectivity index (χ3n) is 5.91. The molecule has 0 radical (unpaired) electrons. The summed E-state index contributed by atoms with van der Waals surface area (Å²) in [5.74, 6) is -3.46. The van der Waals surface area contributed by atoms with Crippen LogP contribution in [0, 0.1) is 11.6 Å². The van der Waals surface area contributed by atoms with Crippen molar-refractivity contribution >= 4 is 32.7 Å². The molecule has 0 aliphatic heterocycles. The first kappa shape index (κ1) is 26.3. The van der Waals surface area contributed by atoms with Crippen LogP contribution in [0.15, 0.2) is 48.9 Å². The standard InChI is InChI=1S/C25H25F2N5O4S/c1-5-32(4)37(35,36)31-19-8-7-18(26)21(22(19)27)23(33)17-13-30-24-16(17)10-15(12-29-24)14-6-9-20(28-11-14)25(2,3)34/h6-13,31,34H,5H2,1-4H3,(H,29,30). The van der Waals surface area contributed by atoms with Gasteiger partial charge in [0.05, 0.1) is 16.9 Å². The Kier molecular flexibility index (Phi) is 6.84. The van der Waals surface area contributed by atoms with Crippen LogP contribution in [0.3, 0.4) is 0 Å². The lowest BCUT2D eigenvalue weighted by atomic mass is 9.99. The Morgan fingerprint density at radius 1 is 1.14 bits per heavy atom. The van der Waals surface area contributed by atoms with Crippen molar-refractivity contribution in [2.24, 2.45) is 0 Å². The van der Waals surface area contributed by atoms with Crippen LogP contribution in [-0.4, -0.2) is 52.2 Å². The fourth-order valence-corrected chi connectivity index (χ4v) is 4.57. The van der Waals surface area contributed by atoms with E-state index >= 15 is 4.39 Å². The molecule has 1 aromatic carbocycles. The first-order valence-corrected chi connectivity index (χ1v) is 12.7. The molecule has 3 aromatic heterocycles. The molecule has 3 N–H and O–H groups in total. The summed E-state index contributed by atoms with van der Waals surface area (Å²) in [6.45, 7) is 4.93. The van der Waals surface area contributed by atoms with Gasteiger partial charge in [0.25, 0.3) is 0 Å². The molecule has 9 nitrogen and oxygen atoms in total. The van der Waals surface area contributed by atoms with E-state index in [-0.39, 0.29) is 12.1 Å². The molecule has 0 amide bonds. The highest BCUT2D eigenvalue weighted by Gasteiger charge is 2.27. The van der Waals surface area contributed by atoms with Crippen molar-refractivity contribution in [2.45, 2.75) is 26.4 Å². The number of aromatic nitrogens is 3. The third kappa shape index (κ3) is 5.08. The smallest absolute Gasteiger partial charge is 0.301 e. The average Bonchev–Trinajstić information content (AvgIpc) is 3.28. The number of carbonyl (C=O) groups excluding carboxylic acids is 1. The van der Waals surface area contributed by atoms with Crippen molar-refractivity contribution in [3.8, 4) is 11.1 Å². The van der Waals surface area contributed by atoms with Crippen LogP contribution < -0.4 is 4.72 Å². The first-order chi connectivity index (χ1) is 17.3. The van der Waals surface area contributed by atoms with E-state index in [1.165, 1.54) is 13.2 Å². The van der Waals surface area contributed by atoms with Crippen LogP contribution in [0.4, 0.5) is 14.5 Å². The summed E-state index contributed by atoms with van der Waals surface area (Å²) < 4.78 is 57.7. The molecular weight excluding hydrogens is 504 g/mol. The number of aliphatic hydroxyl groups is 1. The molecule has 0 fully saturated rings. The Labute approximate surface area is 212 Å². The maximum absolute atomic E-state index is 15.3. The molecule has 4 aromatic rings. The molecule has 4 rings (SSSR count). The van der Waals surface area contributed by atoms with Crippen molar-refractivity contribution in [3.05, 3.63) is 77.4 Å². The van der Waals surface area contributed by atoms with Gasteiger partial charge in [-0.2, -0.15) is 12.7 Å². The zero-order chi connectivity index (χ0) is 27.1. The normalized spacial score (nSPS) is 12.3. The van der Waals surface area contributed by atoms with Crippen molar-refractivity contribution in [3.63, 3.8) is 0 Å². The fraction of sp³-hybridized carbons (Fsp3) is 0.240. The van der Waals surface area contributed by atoms with Gasteiger partial charge in [-0.15, -0.1) is 0 Å². The molecule has 3 heterocycles. The number of carbonyl (C=O) groups is 1. The number of pyridine rings is 2. The monoisotopic (exact) mass is 529 g/mol. The number of benzene rings is 1. The number of hydrogen-bond donors (Lipinski definition) is 3. The fourth-order valence-electron chi connectivity index (χ4n) is 3.64. The van der Waals surface area contributed by atoms with Crippen molar-refractivity contribution in [1.29, 1.82) is 0 Å². The second-order valence-electron chi connectivity index (χ2n) is 8.95. The van der Waals surface area contributed by atoms with Crippen molar-refractivity contribution in [2.75, 3.05) is 18.3 Å². The van der Waals surface area contributed by atoms with Gasteiger partial charge in [-0.25, -0.2) is 13.8 Å². The molecule has 0 saturated heterocycles. The second-order valence-corrected chi connectivity index (χ2v) is 10.7. The molecule has 0 atom stereocenters. The number of nitrogens with one attached hydrogen (secondary N) is 2. The summed E-state index contributed by atoms with van der Waals surface area (Å²) in [6, 6.07) is 6.77. The number of halogens is 2. The number of aromatic amines is 1. The second kappa shape index (κ2) is 9.61. The van der Waals surface area contributed by atoms with Gasteiger partial charge < -0.3 is 10.1 Å². The lowest BCUT2D eigenvalue weighted by molar-refractivity contribution is 0.0738. The van der Waals surface area contributed by atoms with E-state index in [0.717, 1.165) is 16.4 Å². The Balaban J connectivity index is 1.75. The average molecular weight is 530 g/mol. The van der Waals surface area contributed by atoms with E-state index in [1.807, 2.05) is 4.72 Å². The number of H-pyrrole nitrogens is 1. The molecule has 0 saturated carbocycles. The molecule has 0 bridgehead atoms. The van der Waals surface area contributed by atoms with Crippen LogP contribution in [0.2, 0.25) is 0 Å². The number of hydrogen-bond acceptors (Lipinski definition) is 6. The number of fused-ring (bicyclic) bond motifs is 1. The van der Waals surface area contributed by atoms with Crippen LogP contribution in [0.25, 0.3) is 22.2 Å². The molecule has 0 aliphatic rings. The van der Waals surface area contributed by atoms with Gasteiger partial charge in [0.1, 0.15) is 17.1 Å². The molecule has 194 valence electrons. The molecule has 0 aliphatic carbocycles. The SMILES string of the molecule is CCN(C)S(=O)(=O)Nc1ccc(F)c(C(=O)c2c[nH]c3ncc(-c4ccc(C(C)(C)O)nc4)cc23)c1F. The molecule has 0 unspecified atom stereocenters. The summed E-state index contributed by atoms with van der Waals surface area (Å²) in [7, 11) is -2.81. The van der Waals surface area contributed by atoms with Gasteiger partial charge in [-0.05, 0) is 38.1 Å². The van der Waals surface area contributed by atoms with Crippen LogP contribution in [0.1, 0.15) is 42.4 Å². The quantitative estimate of drug-likeness (QED) is 0.296. The highest BCUT2D eigenvalue weighted by molar-refractivity contribution is 7.90. The summed E-state index contributed by atoms with van der Waals surface area (Å²) in [4.78, 5) is 24.7. The van der Waals surface area contributed by atoms with E-state index < -0.39 is 44.5 Å². The maximum Gasteiger partial charge on any atom is 0.301 e. The highest BCUT2D eigenvalue weighted by Crippen LogP contribution is 2.30. The Morgan fingerprint density at radius 3 is 2.46 bits per heavy atom. The van der Waals surface area contributed by atoms with E-state index in [0.29, 0.717) is 27.9 Å². The number of anilines is 1. The first-order valence-electron chi connectivity index (χ1n) is 11.3. The van der Waals surface area contributed by atoms with Crippen LogP contribution >= 0.6 is 0 Å². The Morgan fingerprint density at radius 2 is 1.84 bits per heavy atom. The van der Waals surface area contributed by atoms with Gasteiger partial charge in [0.2, 0.25) is 5.78 Å². The topological polar surface area (TPSA) is 128 Å². The number of nitrogens with zero attached hydrogens (tertiary/aromatic N) is 3. The Hall–Kier alpha value is -3.74. The van der Waals surface area contributed by atoms with E-state index in [4.69, 9.17) is 0 Å². The predicted octanol–water partition coefficient (Wildman–Crippen LogP) is 3.97. The summed E-state index contributed by atoms with van der Waals surface area (Å²) in [5, 5.41) is 10.4. The minimum Gasteiger partial charge on any atom is -0.384 e. The molecule has 37 heavy (non-hydrogen) atoms. The minimum atomic E-state index is -4.11. The zero-order valence-electron chi connectivity index (χ0n) is 20.5. The highest BCUT2D eigenvalue weighted by atomic mass is 32.2. The maximum atomic E-state index is 15.3. The molecule has 12 heteroatoms. The van der Waals surface area contributed by atoms with E-state index in [2.05, 4.69) is 15.0 Å². The van der Waals surface area contributed by atoms with Crippen LogP contribution in [0.5, 0.6) is 0 Å². The largest absolute Gasteiger partial charge is 0.384 e. The van der Waals surface area contributed by atoms with Gasteiger partial charge >= 0.3 is 10.2 Å². The lowest BCUT2D eigenvalue weighted by Gasteiger charge is -2.17. The van der Waals surface area contributed by atoms with Crippen molar-refractivity contribution < 1.29 is 27.1 Å². The van der Waals surface area contributed by atoms with Gasteiger partial charge in [-0.1, -0.05) is 13.0 Å². The summed E-state index contributed by atoms with van der Waals surface area (Å²) in [6.07, 6.45) is 4.39. The summed E-state index contributed by atoms with van der Waals surface area (Å²) in [5.41, 5.74) is -0.608.